The number of piperidine rings is 1. The minimum absolute atomic E-state index is 0.0726. The third kappa shape index (κ3) is 6.46. The SMILES string of the molecule is Cc1ccc(NC(=O)N2CCCC(CCC(=O)NCc3ccc(F)cc3Cl)C2)cc1. The van der Waals surface area contributed by atoms with Gasteiger partial charge in [0.15, 0.2) is 0 Å². The maximum atomic E-state index is 13.1. The topological polar surface area (TPSA) is 61.4 Å². The number of nitrogens with one attached hydrogen (secondary N) is 2. The number of nitrogens with zero attached hydrogens (tertiary/aromatic N) is 1. The van der Waals surface area contributed by atoms with Crippen molar-refractivity contribution in [2.75, 3.05) is 18.4 Å². The molecule has 7 heteroatoms. The second-order valence-corrected chi connectivity index (χ2v) is 8.21. The summed E-state index contributed by atoms with van der Waals surface area (Å²) in [6.45, 7) is 3.65. The Labute approximate surface area is 181 Å². The first kappa shape index (κ1) is 22.1. The normalized spacial score (nSPS) is 16.2. The molecule has 2 aromatic rings. The molecule has 5 nitrogen and oxygen atoms in total. The van der Waals surface area contributed by atoms with Crippen molar-refractivity contribution in [1.29, 1.82) is 0 Å². The van der Waals surface area contributed by atoms with Gasteiger partial charge in [0.25, 0.3) is 0 Å². The van der Waals surface area contributed by atoms with Crippen LogP contribution in [-0.2, 0) is 11.3 Å². The number of carbonyl (C=O) groups is 2. The molecule has 2 N–H and O–H groups in total. The lowest BCUT2D eigenvalue weighted by Gasteiger charge is -2.32. The molecule has 3 rings (SSSR count). The molecule has 0 bridgehead atoms. The quantitative estimate of drug-likeness (QED) is 0.666. The lowest BCUT2D eigenvalue weighted by Crippen LogP contribution is -2.42. The average molecular weight is 432 g/mol. The number of carbonyl (C=O) groups excluding carboxylic acids is 2. The molecule has 0 spiro atoms. The van der Waals surface area contributed by atoms with Crippen molar-refractivity contribution in [3.63, 3.8) is 0 Å². The van der Waals surface area contributed by atoms with Crippen molar-refractivity contribution in [2.24, 2.45) is 5.92 Å². The first-order valence-corrected chi connectivity index (χ1v) is 10.6. The molecule has 30 heavy (non-hydrogen) atoms. The van der Waals surface area contributed by atoms with Crippen LogP contribution >= 0.6 is 11.6 Å². The van der Waals surface area contributed by atoms with Crippen LogP contribution in [0.25, 0.3) is 0 Å². The Bertz CT molecular complexity index is 889. The van der Waals surface area contributed by atoms with Crippen LogP contribution in [0.4, 0.5) is 14.9 Å². The maximum absolute atomic E-state index is 13.1. The van der Waals surface area contributed by atoms with E-state index in [4.69, 9.17) is 11.6 Å². The average Bonchev–Trinajstić information content (AvgIpc) is 2.73. The van der Waals surface area contributed by atoms with Gasteiger partial charge in [0.2, 0.25) is 5.91 Å². The van der Waals surface area contributed by atoms with E-state index in [-0.39, 0.29) is 18.5 Å². The van der Waals surface area contributed by atoms with Crippen LogP contribution in [0.5, 0.6) is 0 Å². The Morgan fingerprint density at radius 3 is 2.70 bits per heavy atom. The summed E-state index contributed by atoms with van der Waals surface area (Å²) < 4.78 is 13.1. The molecule has 1 atom stereocenters. The summed E-state index contributed by atoms with van der Waals surface area (Å²) >= 11 is 5.99. The van der Waals surface area contributed by atoms with Gasteiger partial charge in [-0.1, -0.05) is 35.4 Å². The van der Waals surface area contributed by atoms with Crippen molar-refractivity contribution in [2.45, 2.75) is 39.2 Å². The molecule has 1 aliphatic heterocycles. The van der Waals surface area contributed by atoms with Crippen LogP contribution < -0.4 is 10.6 Å². The minimum Gasteiger partial charge on any atom is -0.352 e. The van der Waals surface area contributed by atoms with E-state index in [1.165, 1.54) is 12.1 Å². The van der Waals surface area contributed by atoms with E-state index in [1.807, 2.05) is 36.1 Å². The van der Waals surface area contributed by atoms with Gasteiger partial charge in [0.05, 0.1) is 0 Å². The number of hydrogen-bond donors (Lipinski definition) is 2. The Balaban J connectivity index is 1.42. The van der Waals surface area contributed by atoms with E-state index in [9.17, 15) is 14.0 Å². The zero-order valence-electron chi connectivity index (χ0n) is 17.1. The highest BCUT2D eigenvalue weighted by molar-refractivity contribution is 6.31. The Morgan fingerprint density at radius 2 is 1.97 bits per heavy atom. The first-order valence-electron chi connectivity index (χ1n) is 10.2. The smallest absolute Gasteiger partial charge is 0.321 e. The molecule has 0 radical (unpaired) electrons. The van der Waals surface area contributed by atoms with Crippen molar-refractivity contribution in [3.8, 4) is 0 Å². The molecule has 1 fully saturated rings. The predicted molar refractivity (Wildman–Crippen MR) is 117 cm³/mol. The predicted octanol–water partition coefficient (Wildman–Crippen LogP) is 5.13. The van der Waals surface area contributed by atoms with Gasteiger partial charge in [-0.15, -0.1) is 0 Å². The lowest BCUT2D eigenvalue weighted by molar-refractivity contribution is -0.121. The molecule has 1 aliphatic rings. The Kier molecular flexibility index (Phi) is 7.69. The zero-order valence-corrected chi connectivity index (χ0v) is 17.8. The van der Waals surface area contributed by atoms with Gasteiger partial charge in [-0.2, -0.15) is 0 Å². The Morgan fingerprint density at radius 1 is 1.20 bits per heavy atom. The molecule has 160 valence electrons. The lowest BCUT2D eigenvalue weighted by atomic mass is 9.93. The fraction of sp³-hybridized carbons (Fsp3) is 0.391. The molecule has 3 amide bonds. The standard InChI is InChI=1S/C23H27ClFN3O2/c1-16-4-9-20(10-5-16)27-23(30)28-12-2-3-17(15-28)6-11-22(29)26-14-18-7-8-19(25)13-21(18)24/h4-5,7-10,13,17H,2-3,6,11-12,14-15H2,1H3,(H,26,29)(H,27,30). The van der Waals surface area contributed by atoms with E-state index >= 15 is 0 Å². The molecular weight excluding hydrogens is 405 g/mol. The summed E-state index contributed by atoms with van der Waals surface area (Å²) in [5.74, 6) is -0.178. The second kappa shape index (κ2) is 10.4. The van der Waals surface area contributed by atoms with Gasteiger partial charge in [-0.3, -0.25) is 4.79 Å². The highest BCUT2D eigenvalue weighted by Crippen LogP contribution is 2.22. The van der Waals surface area contributed by atoms with Crippen molar-refractivity contribution in [1.82, 2.24) is 10.2 Å². The largest absolute Gasteiger partial charge is 0.352 e. The van der Waals surface area contributed by atoms with Gasteiger partial charge < -0.3 is 15.5 Å². The molecule has 0 saturated carbocycles. The highest BCUT2D eigenvalue weighted by Gasteiger charge is 2.24. The number of urea groups is 1. The van der Waals surface area contributed by atoms with Crippen LogP contribution in [0.3, 0.4) is 0 Å². The summed E-state index contributed by atoms with van der Waals surface area (Å²) in [5, 5.41) is 6.08. The van der Waals surface area contributed by atoms with Gasteiger partial charge in [0.1, 0.15) is 5.82 Å². The molecule has 1 unspecified atom stereocenters. The third-order valence-corrected chi connectivity index (χ3v) is 5.73. The molecule has 1 heterocycles. The second-order valence-electron chi connectivity index (χ2n) is 7.80. The van der Waals surface area contributed by atoms with Gasteiger partial charge in [0, 0.05) is 36.8 Å². The van der Waals surface area contributed by atoms with Crippen LogP contribution in [0, 0.1) is 18.7 Å². The minimum atomic E-state index is -0.400. The molecule has 0 aromatic heterocycles. The monoisotopic (exact) mass is 431 g/mol. The first-order chi connectivity index (χ1) is 14.4. The van der Waals surface area contributed by atoms with Crippen LogP contribution in [-0.4, -0.2) is 29.9 Å². The summed E-state index contributed by atoms with van der Waals surface area (Å²) in [4.78, 5) is 26.6. The zero-order chi connectivity index (χ0) is 21.5. The summed E-state index contributed by atoms with van der Waals surface area (Å²) in [7, 11) is 0. The number of likely N-dealkylation sites (tertiary alicyclic amines) is 1. The highest BCUT2D eigenvalue weighted by atomic mass is 35.5. The van der Waals surface area contributed by atoms with Crippen molar-refractivity contribution >= 4 is 29.2 Å². The number of halogens is 2. The maximum Gasteiger partial charge on any atom is 0.321 e. The van der Waals surface area contributed by atoms with Crippen LogP contribution in [0.15, 0.2) is 42.5 Å². The number of anilines is 1. The van der Waals surface area contributed by atoms with Crippen LogP contribution in [0.1, 0.15) is 36.8 Å². The van der Waals surface area contributed by atoms with E-state index in [0.717, 1.165) is 37.1 Å². The van der Waals surface area contributed by atoms with E-state index < -0.39 is 5.82 Å². The third-order valence-electron chi connectivity index (χ3n) is 5.38. The van der Waals surface area contributed by atoms with E-state index in [2.05, 4.69) is 10.6 Å². The summed E-state index contributed by atoms with van der Waals surface area (Å²) in [6, 6.07) is 11.8. The van der Waals surface area contributed by atoms with E-state index in [0.29, 0.717) is 29.5 Å². The van der Waals surface area contributed by atoms with Crippen molar-refractivity contribution < 1.29 is 14.0 Å². The Hall–Kier alpha value is -2.60. The number of hydrogen-bond acceptors (Lipinski definition) is 2. The molecule has 1 saturated heterocycles. The molecule has 2 aromatic carbocycles. The number of aryl methyl sites for hydroxylation is 1. The fourth-order valence-corrected chi connectivity index (χ4v) is 3.84. The fourth-order valence-electron chi connectivity index (χ4n) is 3.61. The number of rotatable bonds is 6. The number of amides is 3. The molecule has 0 aliphatic carbocycles. The number of benzene rings is 2. The van der Waals surface area contributed by atoms with Gasteiger partial charge in [-0.05, 0) is 61.9 Å². The van der Waals surface area contributed by atoms with Crippen molar-refractivity contribution in [3.05, 3.63) is 64.4 Å². The van der Waals surface area contributed by atoms with Gasteiger partial charge in [-0.25, -0.2) is 9.18 Å². The summed E-state index contributed by atoms with van der Waals surface area (Å²) in [6.07, 6.45) is 3.04. The molecular formula is C23H27ClFN3O2. The summed E-state index contributed by atoms with van der Waals surface area (Å²) in [5.41, 5.74) is 2.61. The van der Waals surface area contributed by atoms with Crippen LogP contribution in [0.2, 0.25) is 5.02 Å². The van der Waals surface area contributed by atoms with Gasteiger partial charge >= 0.3 is 6.03 Å². The van der Waals surface area contributed by atoms with E-state index in [1.54, 1.807) is 6.07 Å².